The molecule has 2 amide bonds. The molecular weight excluding hydrogens is 248 g/mol. The Morgan fingerprint density at radius 1 is 1.30 bits per heavy atom. The molecule has 3 rings (SSSR count). The monoisotopic (exact) mass is 272 g/mol. The van der Waals surface area contributed by atoms with Gasteiger partial charge in [-0.3, -0.25) is 0 Å². The summed E-state index contributed by atoms with van der Waals surface area (Å²) in [5.41, 5.74) is 2.02. The molecule has 2 N–H and O–H groups in total. The Labute approximate surface area is 121 Å². The third kappa shape index (κ3) is 2.82. The Bertz CT molecular complexity index is 500. The van der Waals surface area contributed by atoms with E-state index in [1.54, 1.807) is 0 Å². The zero-order chi connectivity index (χ0) is 14.1. The molecule has 0 aliphatic heterocycles. The maximum atomic E-state index is 12.1. The molecule has 2 saturated carbocycles. The molecule has 2 fully saturated rings. The molecule has 20 heavy (non-hydrogen) atoms. The van der Waals surface area contributed by atoms with Crippen LogP contribution in [-0.4, -0.2) is 12.1 Å². The predicted octanol–water partition coefficient (Wildman–Crippen LogP) is 3.94. The van der Waals surface area contributed by atoms with Crippen LogP contribution in [-0.2, 0) is 0 Å². The van der Waals surface area contributed by atoms with Crippen molar-refractivity contribution in [3.8, 4) is 0 Å². The Hall–Kier alpha value is -1.51. The van der Waals surface area contributed by atoms with Gasteiger partial charge in [0.25, 0.3) is 0 Å². The summed E-state index contributed by atoms with van der Waals surface area (Å²) >= 11 is 0. The van der Waals surface area contributed by atoms with Gasteiger partial charge in [0.2, 0.25) is 0 Å². The summed E-state index contributed by atoms with van der Waals surface area (Å²) < 4.78 is 0. The number of carbonyl (C=O) groups is 1. The molecule has 0 heterocycles. The molecule has 2 bridgehead atoms. The van der Waals surface area contributed by atoms with Gasteiger partial charge in [0.1, 0.15) is 0 Å². The lowest BCUT2D eigenvalue weighted by molar-refractivity contribution is 0.230. The van der Waals surface area contributed by atoms with Crippen molar-refractivity contribution < 1.29 is 4.79 Å². The van der Waals surface area contributed by atoms with Crippen LogP contribution in [0.2, 0.25) is 0 Å². The Morgan fingerprint density at radius 3 is 2.80 bits per heavy atom. The minimum Gasteiger partial charge on any atom is -0.335 e. The van der Waals surface area contributed by atoms with Crippen molar-refractivity contribution in [2.45, 2.75) is 45.6 Å². The first-order chi connectivity index (χ1) is 9.61. The Morgan fingerprint density at radius 2 is 2.15 bits per heavy atom. The zero-order valence-electron chi connectivity index (χ0n) is 12.4. The van der Waals surface area contributed by atoms with Crippen molar-refractivity contribution >= 4 is 11.7 Å². The van der Waals surface area contributed by atoms with E-state index in [0.29, 0.717) is 5.92 Å². The van der Waals surface area contributed by atoms with Gasteiger partial charge in [-0.05, 0) is 68.6 Å². The number of anilines is 1. The number of aryl methyl sites for hydroxylation is 1. The molecule has 108 valence electrons. The highest BCUT2D eigenvalue weighted by Crippen LogP contribution is 2.49. The van der Waals surface area contributed by atoms with Crippen molar-refractivity contribution in [2.75, 3.05) is 5.32 Å². The van der Waals surface area contributed by atoms with Crippen LogP contribution in [0.15, 0.2) is 24.3 Å². The van der Waals surface area contributed by atoms with E-state index < -0.39 is 0 Å². The summed E-state index contributed by atoms with van der Waals surface area (Å²) in [6, 6.07) is 8.10. The smallest absolute Gasteiger partial charge is 0.319 e. The lowest BCUT2D eigenvalue weighted by Gasteiger charge is -2.28. The van der Waals surface area contributed by atoms with Gasteiger partial charge in [-0.1, -0.05) is 18.6 Å². The third-order valence-corrected chi connectivity index (χ3v) is 5.07. The summed E-state index contributed by atoms with van der Waals surface area (Å²) in [4.78, 5) is 12.1. The molecular formula is C17H24N2O. The lowest BCUT2D eigenvalue weighted by Crippen LogP contribution is -2.42. The van der Waals surface area contributed by atoms with E-state index >= 15 is 0 Å². The van der Waals surface area contributed by atoms with Gasteiger partial charge in [-0.15, -0.1) is 0 Å². The summed E-state index contributed by atoms with van der Waals surface area (Å²) in [5, 5.41) is 6.06. The van der Waals surface area contributed by atoms with E-state index in [0.717, 1.165) is 23.1 Å². The first kappa shape index (κ1) is 13.5. The van der Waals surface area contributed by atoms with Gasteiger partial charge in [-0.25, -0.2) is 4.79 Å². The van der Waals surface area contributed by atoms with Gasteiger partial charge >= 0.3 is 6.03 Å². The minimum absolute atomic E-state index is 0.0779. The predicted molar refractivity (Wildman–Crippen MR) is 81.7 cm³/mol. The number of nitrogens with one attached hydrogen (secondary N) is 2. The first-order valence-electron chi connectivity index (χ1n) is 7.76. The molecule has 3 heteroatoms. The van der Waals surface area contributed by atoms with E-state index in [1.165, 1.54) is 25.7 Å². The summed E-state index contributed by atoms with van der Waals surface area (Å²) in [6.07, 6.45) is 5.46. The van der Waals surface area contributed by atoms with Crippen LogP contribution in [0.3, 0.4) is 0 Å². The van der Waals surface area contributed by atoms with Crippen molar-refractivity contribution in [3.05, 3.63) is 29.8 Å². The fourth-order valence-electron chi connectivity index (χ4n) is 4.11. The van der Waals surface area contributed by atoms with Crippen LogP contribution in [0, 0.1) is 24.7 Å². The van der Waals surface area contributed by atoms with Crippen molar-refractivity contribution in [3.63, 3.8) is 0 Å². The normalized spacial score (nSPS) is 29.2. The number of hydrogen-bond acceptors (Lipinski definition) is 1. The second-order valence-corrected chi connectivity index (χ2v) is 6.60. The number of hydrogen-bond donors (Lipinski definition) is 2. The van der Waals surface area contributed by atoms with E-state index in [-0.39, 0.29) is 12.1 Å². The summed E-state index contributed by atoms with van der Waals surface area (Å²) in [7, 11) is 0. The first-order valence-corrected chi connectivity index (χ1v) is 7.76. The Kier molecular flexibility index (Phi) is 3.68. The molecule has 2 aliphatic carbocycles. The molecule has 3 nitrogen and oxygen atoms in total. The van der Waals surface area contributed by atoms with Gasteiger partial charge in [0, 0.05) is 11.7 Å². The SMILES string of the molecule is Cc1cccc(NC(=O)N[C@H](C)[C@H]2C[C@@H]3CC[C@@H]2C3)c1. The number of urea groups is 1. The quantitative estimate of drug-likeness (QED) is 0.859. The van der Waals surface area contributed by atoms with Crippen molar-refractivity contribution in [1.82, 2.24) is 5.32 Å². The second kappa shape index (κ2) is 5.47. The number of amides is 2. The molecule has 1 aromatic carbocycles. The van der Waals surface area contributed by atoms with Gasteiger partial charge in [0.05, 0.1) is 0 Å². The van der Waals surface area contributed by atoms with Crippen molar-refractivity contribution in [1.29, 1.82) is 0 Å². The number of carbonyl (C=O) groups excluding carboxylic acids is 1. The Balaban J connectivity index is 1.53. The molecule has 4 atom stereocenters. The minimum atomic E-state index is -0.0779. The van der Waals surface area contributed by atoms with E-state index in [4.69, 9.17) is 0 Å². The second-order valence-electron chi connectivity index (χ2n) is 6.60. The standard InChI is InChI=1S/C17H24N2O/c1-11-4-3-5-15(8-11)19-17(20)18-12(2)16-10-13-6-7-14(16)9-13/h3-5,8,12-14,16H,6-7,9-10H2,1-2H3,(H2,18,19,20)/t12-,13-,14-,16-/m1/s1. The fraction of sp³-hybridized carbons (Fsp3) is 0.588. The zero-order valence-corrected chi connectivity index (χ0v) is 12.4. The topological polar surface area (TPSA) is 41.1 Å². The average Bonchev–Trinajstić information content (AvgIpc) is 3.00. The molecule has 0 saturated heterocycles. The maximum absolute atomic E-state index is 12.1. The van der Waals surface area contributed by atoms with Crippen LogP contribution >= 0.6 is 0 Å². The maximum Gasteiger partial charge on any atom is 0.319 e. The fourth-order valence-corrected chi connectivity index (χ4v) is 4.11. The van der Waals surface area contributed by atoms with Crippen LogP contribution < -0.4 is 10.6 Å². The van der Waals surface area contributed by atoms with Gasteiger partial charge < -0.3 is 10.6 Å². The van der Waals surface area contributed by atoms with Gasteiger partial charge in [-0.2, -0.15) is 0 Å². The molecule has 2 aliphatic rings. The van der Waals surface area contributed by atoms with E-state index in [9.17, 15) is 4.79 Å². The summed E-state index contributed by atoms with van der Waals surface area (Å²) in [5.74, 6) is 2.44. The third-order valence-electron chi connectivity index (χ3n) is 5.07. The number of benzene rings is 1. The number of fused-ring (bicyclic) bond motifs is 2. The highest BCUT2D eigenvalue weighted by Gasteiger charge is 2.42. The molecule has 1 aromatic rings. The largest absolute Gasteiger partial charge is 0.335 e. The molecule has 0 unspecified atom stereocenters. The van der Waals surface area contributed by atoms with Crippen LogP contribution in [0.25, 0.3) is 0 Å². The molecule has 0 spiro atoms. The van der Waals surface area contributed by atoms with Crippen molar-refractivity contribution in [2.24, 2.45) is 17.8 Å². The lowest BCUT2D eigenvalue weighted by atomic mass is 9.84. The summed E-state index contributed by atoms with van der Waals surface area (Å²) in [6.45, 7) is 4.18. The van der Waals surface area contributed by atoms with Crippen LogP contribution in [0.4, 0.5) is 10.5 Å². The van der Waals surface area contributed by atoms with Crippen LogP contribution in [0.5, 0.6) is 0 Å². The van der Waals surface area contributed by atoms with E-state index in [1.807, 2.05) is 31.2 Å². The molecule has 0 radical (unpaired) electrons. The molecule has 0 aromatic heterocycles. The highest BCUT2D eigenvalue weighted by atomic mass is 16.2. The van der Waals surface area contributed by atoms with E-state index in [2.05, 4.69) is 17.6 Å². The van der Waals surface area contributed by atoms with Crippen LogP contribution in [0.1, 0.15) is 38.2 Å². The number of rotatable bonds is 3. The average molecular weight is 272 g/mol. The highest BCUT2D eigenvalue weighted by molar-refractivity contribution is 5.89. The van der Waals surface area contributed by atoms with Gasteiger partial charge in [0.15, 0.2) is 0 Å².